The zero-order valence-electron chi connectivity index (χ0n) is 13.2. The fraction of sp³-hybridized carbons (Fsp3) is 0.438. The van der Waals surface area contributed by atoms with E-state index in [0.717, 1.165) is 26.1 Å². The van der Waals surface area contributed by atoms with E-state index in [1.807, 2.05) is 0 Å². The summed E-state index contributed by atoms with van der Waals surface area (Å²) >= 11 is 0. The molecule has 1 aliphatic heterocycles. The summed E-state index contributed by atoms with van der Waals surface area (Å²) in [5.74, 6) is -0.857. The molecule has 0 radical (unpaired) electrons. The van der Waals surface area contributed by atoms with Gasteiger partial charge in [0.2, 0.25) is 0 Å². The number of hydrogen-bond acceptors (Lipinski definition) is 5. The SMILES string of the molecule is CCN1CCC(c2nc(C(=O)O)c3c(C(=O)OC)cccn23)C1. The van der Waals surface area contributed by atoms with Crippen LogP contribution in [-0.4, -0.2) is 58.1 Å². The number of aromatic nitrogens is 2. The molecule has 1 saturated heterocycles. The average molecular weight is 317 g/mol. The number of pyridine rings is 1. The van der Waals surface area contributed by atoms with Crippen molar-refractivity contribution in [2.75, 3.05) is 26.7 Å². The van der Waals surface area contributed by atoms with Crippen LogP contribution in [0.1, 0.15) is 45.9 Å². The molecule has 1 unspecified atom stereocenters. The van der Waals surface area contributed by atoms with Gasteiger partial charge >= 0.3 is 11.9 Å². The molecular weight excluding hydrogens is 298 g/mol. The number of ether oxygens (including phenoxy) is 1. The number of rotatable bonds is 4. The van der Waals surface area contributed by atoms with Gasteiger partial charge in [-0.3, -0.25) is 0 Å². The van der Waals surface area contributed by atoms with Crippen molar-refractivity contribution < 1.29 is 19.4 Å². The maximum atomic E-state index is 12.0. The summed E-state index contributed by atoms with van der Waals surface area (Å²) < 4.78 is 6.49. The molecule has 0 spiro atoms. The van der Waals surface area contributed by atoms with Gasteiger partial charge in [0.15, 0.2) is 5.69 Å². The van der Waals surface area contributed by atoms with E-state index in [4.69, 9.17) is 4.74 Å². The molecule has 3 heterocycles. The standard InChI is InChI=1S/C16H19N3O4/c1-3-18-8-6-10(9-18)14-17-12(15(20)21)13-11(16(22)23-2)5-4-7-19(13)14/h4-5,7,10H,3,6,8-9H2,1-2H3,(H,20,21). The Hall–Kier alpha value is -2.41. The van der Waals surface area contributed by atoms with E-state index in [9.17, 15) is 14.7 Å². The molecular formula is C16H19N3O4. The first kappa shape index (κ1) is 15.5. The van der Waals surface area contributed by atoms with Gasteiger partial charge in [-0.15, -0.1) is 0 Å². The summed E-state index contributed by atoms with van der Waals surface area (Å²) in [7, 11) is 1.28. The van der Waals surface area contributed by atoms with Crippen LogP contribution in [0.5, 0.6) is 0 Å². The van der Waals surface area contributed by atoms with E-state index in [-0.39, 0.29) is 17.2 Å². The van der Waals surface area contributed by atoms with Gasteiger partial charge in [0.1, 0.15) is 5.82 Å². The van der Waals surface area contributed by atoms with Crippen molar-refractivity contribution in [1.82, 2.24) is 14.3 Å². The van der Waals surface area contributed by atoms with Gasteiger partial charge in [0.05, 0.1) is 18.2 Å². The first-order valence-electron chi connectivity index (χ1n) is 7.61. The second-order valence-electron chi connectivity index (χ2n) is 5.63. The van der Waals surface area contributed by atoms with Crippen molar-refractivity contribution in [3.63, 3.8) is 0 Å². The van der Waals surface area contributed by atoms with Gasteiger partial charge in [-0.25, -0.2) is 14.6 Å². The van der Waals surface area contributed by atoms with Crippen LogP contribution in [0.25, 0.3) is 5.52 Å². The monoisotopic (exact) mass is 317 g/mol. The zero-order chi connectivity index (χ0) is 16.6. The van der Waals surface area contributed by atoms with Gasteiger partial charge in [-0.2, -0.15) is 0 Å². The number of imidazole rings is 1. The number of hydrogen-bond donors (Lipinski definition) is 1. The molecule has 1 aliphatic rings. The lowest BCUT2D eigenvalue weighted by molar-refractivity contribution is 0.0602. The highest BCUT2D eigenvalue weighted by molar-refractivity contribution is 6.04. The van der Waals surface area contributed by atoms with Crippen LogP contribution in [-0.2, 0) is 4.74 Å². The molecule has 2 aromatic rings. The predicted molar refractivity (Wildman–Crippen MR) is 83.0 cm³/mol. The van der Waals surface area contributed by atoms with Crippen molar-refractivity contribution in [1.29, 1.82) is 0 Å². The first-order valence-corrected chi connectivity index (χ1v) is 7.61. The van der Waals surface area contributed by atoms with Crippen LogP contribution in [0.3, 0.4) is 0 Å². The lowest BCUT2D eigenvalue weighted by Crippen LogP contribution is -2.19. The highest BCUT2D eigenvalue weighted by Gasteiger charge is 2.30. The number of carboxylic acid groups (broad SMARTS) is 1. The third-order valence-electron chi connectivity index (χ3n) is 4.38. The number of aromatic carboxylic acids is 1. The Morgan fingerprint density at radius 2 is 2.26 bits per heavy atom. The van der Waals surface area contributed by atoms with Crippen molar-refractivity contribution in [3.05, 3.63) is 35.4 Å². The molecule has 3 rings (SSSR count). The summed E-state index contributed by atoms with van der Waals surface area (Å²) in [5.41, 5.74) is 0.421. The van der Waals surface area contributed by atoms with Crippen LogP contribution in [0.4, 0.5) is 0 Å². The Balaban J connectivity index is 2.17. The van der Waals surface area contributed by atoms with E-state index in [2.05, 4.69) is 16.8 Å². The topological polar surface area (TPSA) is 84.1 Å². The van der Waals surface area contributed by atoms with E-state index < -0.39 is 11.9 Å². The second kappa shape index (κ2) is 6.00. The maximum absolute atomic E-state index is 12.0. The Labute approximate surface area is 133 Å². The fourth-order valence-corrected chi connectivity index (χ4v) is 3.20. The predicted octanol–water partition coefficient (Wildman–Crippen LogP) is 1.63. The van der Waals surface area contributed by atoms with E-state index in [0.29, 0.717) is 11.3 Å². The van der Waals surface area contributed by atoms with E-state index in [1.54, 1.807) is 22.7 Å². The Bertz CT molecular complexity index is 768. The molecule has 122 valence electrons. The number of carboxylic acids is 1. The molecule has 1 N–H and O–H groups in total. The fourth-order valence-electron chi connectivity index (χ4n) is 3.20. The van der Waals surface area contributed by atoms with Crippen LogP contribution >= 0.6 is 0 Å². The molecule has 23 heavy (non-hydrogen) atoms. The van der Waals surface area contributed by atoms with Gasteiger partial charge < -0.3 is 19.1 Å². The molecule has 2 aromatic heterocycles. The normalized spacial score (nSPS) is 18.4. The lowest BCUT2D eigenvalue weighted by atomic mass is 10.1. The molecule has 7 heteroatoms. The number of methoxy groups -OCH3 is 1. The number of likely N-dealkylation sites (tertiary alicyclic amines) is 1. The smallest absolute Gasteiger partial charge is 0.356 e. The Kier molecular flexibility index (Phi) is 4.04. The number of carbonyl (C=O) groups excluding carboxylic acids is 1. The molecule has 0 aromatic carbocycles. The van der Waals surface area contributed by atoms with Gasteiger partial charge in [0.25, 0.3) is 0 Å². The summed E-state index contributed by atoms with van der Waals surface area (Å²) in [6, 6.07) is 3.27. The summed E-state index contributed by atoms with van der Waals surface area (Å²) in [4.78, 5) is 30.2. The Morgan fingerprint density at radius 1 is 1.48 bits per heavy atom. The average Bonchev–Trinajstić information content (AvgIpc) is 3.17. The molecule has 1 atom stereocenters. The van der Waals surface area contributed by atoms with Gasteiger partial charge in [-0.1, -0.05) is 6.92 Å². The number of carbonyl (C=O) groups is 2. The summed E-state index contributed by atoms with van der Waals surface area (Å²) in [5, 5.41) is 9.48. The molecule has 7 nitrogen and oxygen atoms in total. The Morgan fingerprint density at radius 3 is 2.87 bits per heavy atom. The minimum atomic E-state index is -1.14. The van der Waals surface area contributed by atoms with E-state index >= 15 is 0 Å². The third-order valence-corrected chi connectivity index (χ3v) is 4.38. The molecule has 1 fully saturated rings. The van der Waals surface area contributed by atoms with Gasteiger partial charge in [-0.05, 0) is 31.6 Å². The number of nitrogens with zero attached hydrogens (tertiary/aromatic N) is 3. The second-order valence-corrected chi connectivity index (χ2v) is 5.63. The largest absolute Gasteiger partial charge is 0.476 e. The molecule has 0 saturated carbocycles. The molecule has 0 bridgehead atoms. The number of esters is 1. The van der Waals surface area contributed by atoms with Crippen molar-refractivity contribution in [2.24, 2.45) is 0 Å². The maximum Gasteiger partial charge on any atom is 0.356 e. The molecule has 0 amide bonds. The summed E-state index contributed by atoms with van der Waals surface area (Å²) in [6.07, 6.45) is 2.68. The minimum absolute atomic E-state index is 0.101. The van der Waals surface area contributed by atoms with Crippen LogP contribution in [0, 0.1) is 0 Å². The van der Waals surface area contributed by atoms with Crippen molar-refractivity contribution in [2.45, 2.75) is 19.3 Å². The number of fused-ring (bicyclic) bond motifs is 1. The summed E-state index contributed by atoms with van der Waals surface area (Å²) in [6.45, 7) is 4.87. The minimum Gasteiger partial charge on any atom is -0.476 e. The van der Waals surface area contributed by atoms with Crippen LogP contribution in [0.2, 0.25) is 0 Å². The zero-order valence-corrected chi connectivity index (χ0v) is 13.2. The van der Waals surface area contributed by atoms with Crippen molar-refractivity contribution >= 4 is 17.5 Å². The van der Waals surface area contributed by atoms with Crippen LogP contribution < -0.4 is 0 Å². The number of likely N-dealkylation sites (N-methyl/N-ethyl adjacent to an activating group) is 1. The quantitative estimate of drug-likeness (QED) is 0.863. The molecule has 0 aliphatic carbocycles. The lowest BCUT2D eigenvalue weighted by Gasteiger charge is -2.12. The van der Waals surface area contributed by atoms with Crippen molar-refractivity contribution in [3.8, 4) is 0 Å². The highest BCUT2D eigenvalue weighted by atomic mass is 16.5. The highest BCUT2D eigenvalue weighted by Crippen LogP contribution is 2.29. The van der Waals surface area contributed by atoms with E-state index in [1.165, 1.54) is 7.11 Å². The van der Waals surface area contributed by atoms with Gasteiger partial charge in [0, 0.05) is 18.7 Å². The third kappa shape index (κ3) is 2.57. The van der Waals surface area contributed by atoms with Crippen LogP contribution in [0.15, 0.2) is 18.3 Å². The first-order chi connectivity index (χ1) is 11.1.